The number of halogens is 1. The highest BCUT2D eigenvalue weighted by atomic mass is 35.5. The quantitative estimate of drug-likeness (QED) is 0.740. The number of carbonyl (C=O) groups excluding carboxylic acids is 2. The molecule has 0 saturated carbocycles. The summed E-state index contributed by atoms with van der Waals surface area (Å²) >= 11 is 6.02. The Balaban J connectivity index is 1.60. The fourth-order valence-corrected chi connectivity index (χ4v) is 4.04. The molecule has 0 aliphatic carbocycles. The van der Waals surface area contributed by atoms with Crippen LogP contribution in [0.4, 0.5) is 5.69 Å². The van der Waals surface area contributed by atoms with E-state index in [1.807, 2.05) is 12.1 Å². The molecule has 2 saturated heterocycles. The lowest BCUT2D eigenvalue weighted by Crippen LogP contribution is -2.48. The van der Waals surface area contributed by atoms with E-state index in [2.05, 4.69) is 10.6 Å². The van der Waals surface area contributed by atoms with Gasteiger partial charge in [0.15, 0.2) is 0 Å². The maximum absolute atomic E-state index is 12.7. The van der Waals surface area contributed by atoms with E-state index in [1.54, 1.807) is 24.1 Å². The molecular formula is C19H26ClN3O3. The Morgan fingerprint density at radius 1 is 1.42 bits per heavy atom. The van der Waals surface area contributed by atoms with Gasteiger partial charge in [0.1, 0.15) is 5.92 Å². The fraction of sp³-hybridized carbons (Fsp3) is 0.579. The Morgan fingerprint density at radius 2 is 2.19 bits per heavy atom. The molecule has 2 fully saturated rings. The molecule has 1 atom stereocenters. The number of amides is 2. The SMILES string of the molecule is COCC1(CNC(=O)C2CCN(c3cccc(Cl)c3)C2=O)CCNCC1. The molecule has 1 aromatic rings. The van der Waals surface area contributed by atoms with Crippen LogP contribution in [-0.4, -0.2) is 51.7 Å². The van der Waals surface area contributed by atoms with Gasteiger partial charge in [-0.05, 0) is 50.6 Å². The molecule has 0 bridgehead atoms. The minimum atomic E-state index is -0.629. The van der Waals surface area contributed by atoms with Crippen LogP contribution in [-0.2, 0) is 14.3 Å². The molecule has 2 aliphatic heterocycles. The molecule has 1 aromatic carbocycles. The Kier molecular flexibility index (Phi) is 6.16. The number of hydrogen-bond acceptors (Lipinski definition) is 4. The molecule has 0 aromatic heterocycles. The predicted octanol–water partition coefficient (Wildman–Crippen LogP) is 1.83. The summed E-state index contributed by atoms with van der Waals surface area (Å²) in [5, 5.41) is 6.93. The Labute approximate surface area is 159 Å². The van der Waals surface area contributed by atoms with Crippen LogP contribution in [0.5, 0.6) is 0 Å². The van der Waals surface area contributed by atoms with Gasteiger partial charge in [0.2, 0.25) is 11.8 Å². The summed E-state index contributed by atoms with van der Waals surface area (Å²) in [4.78, 5) is 27.0. The zero-order chi connectivity index (χ0) is 18.6. The van der Waals surface area contributed by atoms with Crippen molar-refractivity contribution in [2.75, 3.05) is 44.8 Å². The second kappa shape index (κ2) is 8.37. The van der Waals surface area contributed by atoms with E-state index >= 15 is 0 Å². The van der Waals surface area contributed by atoms with Crippen molar-refractivity contribution in [3.8, 4) is 0 Å². The van der Waals surface area contributed by atoms with Crippen LogP contribution >= 0.6 is 11.6 Å². The molecule has 26 heavy (non-hydrogen) atoms. The number of anilines is 1. The molecule has 7 heteroatoms. The first-order valence-corrected chi connectivity index (χ1v) is 9.47. The van der Waals surface area contributed by atoms with Gasteiger partial charge in [-0.15, -0.1) is 0 Å². The molecule has 0 radical (unpaired) electrons. The smallest absolute Gasteiger partial charge is 0.239 e. The summed E-state index contributed by atoms with van der Waals surface area (Å²) in [7, 11) is 1.69. The van der Waals surface area contributed by atoms with Gasteiger partial charge in [-0.1, -0.05) is 17.7 Å². The third-order valence-corrected chi connectivity index (χ3v) is 5.63. The minimum absolute atomic E-state index is 0.0516. The van der Waals surface area contributed by atoms with Crippen molar-refractivity contribution in [1.82, 2.24) is 10.6 Å². The van der Waals surface area contributed by atoms with Crippen molar-refractivity contribution in [3.63, 3.8) is 0 Å². The Morgan fingerprint density at radius 3 is 2.88 bits per heavy atom. The highest BCUT2D eigenvalue weighted by Crippen LogP contribution is 2.30. The molecule has 2 aliphatic rings. The zero-order valence-corrected chi connectivity index (χ0v) is 15.8. The number of hydrogen-bond donors (Lipinski definition) is 2. The van der Waals surface area contributed by atoms with Crippen molar-refractivity contribution in [3.05, 3.63) is 29.3 Å². The highest BCUT2D eigenvalue weighted by Gasteiger charge is 2.39. The van der Waals surface area contributed by atoms with E-state index in [9.17, 15) is 9.59 Å². The third kappa shape index (κ3) is 4.19. The second-order valence-corrected chi connectivity index (χ2v) is 7.65. The lowest BCUT2D eigenvalue weighted by Gasteiger charge is -2.37. The van der Waals surface area contributed by atoms with Crippen LogP contribution in [0.2, 0.25) is 5.02 Å². The molecule has 6 nitrogen and oxygen atoms in total. The topological polar surface area (TPSA) is 70.7 Å². The van der Waals surface area contributed by atoms with Crippen LogP contribution in [0.25, 0.3) is 0 Å². The summed E-state index contributed by atoms with van der Waals surface area (Å²) in [5.41, 5.74) is 0.691. The third-order valence-electron chi connectivity index (χ3n) is 5.39. The van der Waals surface area contributed by atoms with Gasteiger partial charge >= 0.3 is 0 Å². The number of ether oxygens (including phenoxy) is 1. The number of nitrogens with one attached hydrogen (secondary N) is 2. The van der Waals surface area contributed by atoms with Gasteiger partial charge in [-0.25, -0.2) is 0 Å². The summed E-state index contributed by atoms with van der Waals surface area (Å²) in [6, 6.07) is 7.17. The first kappa shape index (κ1) is 19.1. The summed E-state index contributed by atoms with van der Waals surface area (Å²) in [5.74, 6) is -0.973. The van der Waals surface area contributed by atoms with Crippen LogP contribution in [0, 0.1) is 11.3 Å². The number of rotatable bonds is 6. The fourth-order valence-electron chi connectivity index (χ4n) is 3.86. The molecule has 3 rings (SSSR count). The van der Waals surface area contributed by atoms with E-state index in [4.69, 9.17) is 16.3 Å². The highest BCUT2D eigenvalue weighted by molar-refractivity contribution is 6.31. The predicted molar refractivity (Wildman–Crippen MR) is 101 cm³/mol. The van der Waals surface area contributed by atoms with Gasteiger partial charge < -0.3 is 20.3 Å². The van der Waals surface area contributed by atoms with Crippen molar-refractivity contribution in [1.29, 1.82) is 0 Å². The largest absolute Gasteiger partial charge is 0.384 e. The van der Waals surface area contributed by atoms with Crippen LogP contribution in [0.15, 0.2) is 24.3 Å². The number of piperidine rings is 1. The van der Waals surface area contributed by atoms with E-state index in [0.717, 1.165) is 31.6 Å². The molecule has 2 amide bonds. The summed E-state index contributed by atoms with van der Waals surface area (Å²) in [6.45, 7) is 3.53. The normalized spacial score (nSPS) is 22.5. The van der Waals surface area contributed by atoms with Gasteiger partial charge in [-0.3, -0.25) is 9.59 Å². The maximum Gasteiger partial charge on any atom is 0.239 e. The molecule has 2 heterocycles. The van der Waals surface area contributed by atoms with Crippen molar-refractivity contribution >= 4 is 29.1 Å². The van der Waals surface area contributed by atoms with Gasteiger partial charge in [0.25, 0.3) is 0 Å². The molecule has 0 spiro atoms. The van der Waals surface area contributed by atoms with Crippen molar-refractivity contribution in [2.24, 2.45) is 11.3 Å². The first-order chi connectivity index (χ1) is 12.5. The van der Waals surface area contributed by atoms with Gasteiger partial charge in [0.05, 0.1) is 6.61 Å². The average Bonchev–Trinajstić information content (AvgIpc) is 3.02. The van der Waals surface area contributed by atoms with Crippen LogP contribution < -0.4 is 15.5 Å². The zero-order valence-electron chi connectivity index (χ0n) is 15.1. The summed E-state index contributed by atoms with van der Waals surface area (Å²) in [6.07, 6.45) is 2.43. The van der Waals surface area contributed by atoms with E-state index in [0.29, 0.717) is 31.1 Å². The summed E-state index contributed by atoms with van der Waals surface area (Å²) < 4.78 is 5.38. The standard InChI is InChI=1S/C19H26ClN3O3/c1-26-13-19(6-8-21-9-7-19)12-22-17(24)16-5-10-23(18(16)25)15-4-2-3-14(20)11-15/h2-4,11,16,21H,5-10,12-13H2,1H3,(H,22,24). The monoisotopic (exact) mass is 379 g/mol. The molecular weight excluding hydrogens is 354 g/mol. The van der Waals surface area contributed by atoms with Gasteiger partial charge in [-0.2, -0.15) is 0 Å². The minimum Gasteiger partial charge on any atom is -0.384 e. The number of methoxy groups -OCH3 is 1. The second-order valence-electron chi connectivity index (χ2n) is 7.21. The Bertz CT molecular complexity index is 656. The molecule has 1 unspecified atom stereocenters. The lowest BCUT2D eigenvalue weighted by molar-refractivity contribution is -0.132. The van der Waals surface area contributed by atoms with E-state index < -0.39 is 5.92 Å². The maximum atomic E-state index is 12.7. The molecule has 142 valence electrons. The van der Waals surface area contributed by atoms with Crippen LogP contribution in [0.1, 0.15) is 19.3 Å². The lowest BCUT2D eigenvalue weighted by atomic mass is 9.79. The van der Waals surface area contributed by atoms with Gasteiger partial charge in [0, 0.05) is 36.3 Å². The van der Waals surface area contributed by atoms with Crippen molar-refractivity contribution < 1.29 is 14.3 Å². The average molecular weight is 380 g/mol. The number of benzene rings is 1. The van der Waals surface area contributed by atoms with Crippen molar-refractivity contribution in [2.45, 2.75) is 19.3 Å². The number of nitrogens with zero attached hydrogens (tertiary/aromatic N) is 1. The molecule has 2 N–H and O–H groups in total. The van der Waals surface area contributed by atoms with E-state index in [1.165, 1.54) is 0 Å². The van der Waals surface area contributed by atoms with Crippen LogP contribution in [0.3, 0.4) is 0 Å². The Hall–Kier alpha value is -1.63. The number of carbonyl (C=O) groups is 2. The van der Waals surface area contributed by atoms with E-state index in [-0.39, 0.29) is 17.2 Å². The first-order valence-electron chi connectivity index (χ1n) is 9.09.